The molecule has 0 bridgehead atoms. The highest BCUT2D eigenvalue weighted by atomic mass is 16.1. The van der Waals surface area contributed by atoms with E-state index in [1.54, 1.807) is 0 Å². The van der Waals surface area contributed by atoms with E-state index in [0.29, 0.717) is 5.78 Å². The summed E-state index contributed by atoms with van der Waals surface area (Å²) >= 11 is 0. The molecule has 1 aliphatic rings. The summed E-state index contributed by atoms with van der Waals surface area (Å²) in [5.74, 6) is 0.389. The van der Waals surface area contributed by atoms with Crippen LogP contribution in [0.4, 0.5) is 0 Å². The topological polar surface area (TPSA) is 29.1 Å². The molecule has 0 radical (unpaired) electrons. The highest BCUT2D eigenvalue weighted by Crippen LogP contribution is 2.36. The molecule has 2 heteroatoms. The van der Waals surface area contributed by atoms with Crippen molar-refractivity contribution in [3.05, 3.63) is 0 Å². The van der Waals surface area contributed by atoms with E-state index in [2.05, 4.69) is 26.1 Å². The largest absolute Gasteiger partial charge is 0.300 e. The van der Waals surface area contributed by atoms with Gasteiger partial charge < -0.3 is 5.32 Å². The van der Waals surface area contributed by atoms with Crippen LogP contribution in [0, 0.1) is 5.41 Å². The van der Waals surface area contributed by atoms with E-state index in [4.69, 9.17) is 0 Å². The first-order valence-electron chi connectivity index (χ1n) is 6.91. The van der Waals surface area contributed by atoms with Gasteiger partial charge >= 0.3 is 0 Å². The molecule has 1 fully saturated rings. The summed E-state index contributed by atoms with van der Waals surface area (Å²) in [6.07, 6.45) is 5.61. The van der Waals surface area contributed by atoms with E-state index < -0.39 is 0 Å². The van der Waals surface area contributed by atoms with Crippen LogP contribution in [0.25, 0.3) is 0 Å². The fourth-order valence-electron chi connectivity index (χ4n) is 3.00. The normalized spacial score (nSPS) is 21.3. The van der Waals surface area contributed by atoms with Gasteiger partial charge in [-0.1, -0.05) is 40.0 Å². The number of hydrogen-bond acceptors (Lipinski definition) is 2. The third-order valence-electron chi connectivity index (χ3n) is 3.44. The van der Waals surface area contributed by atoms with Crippen molar-refractivity contribution in [1.82, 2.24) is 5.32 Å². The SMILES string of the molecule is CC(C)(C)NC1(C(=O)C(C)(C)C)CCCCC1. The molecule has 1 N–H and O–H groups in total. The molecule has 0 amide bonds. The van der Waals surface area contributed by atoms with E-state index in [-0.39, 0.29) is 16.5 Å². The molecule has 0 unspecified atom stereocenters. The predicted molar refractivity (Wildman–Crippen MR) is 73.2 cm³/mol. The van der Waals surface area contributed by atoms with Crippen molar-refractivity contribution in [2.24, 2.45) is 5.41 Å². The minimum atomic E-state index is -0.283. The second-order valence-electron chi connectivity index (χ2n) is 7.60. The minimum absolute atomic E-state index is 0.00174. The fraction of sp³-hybridized carbons (Fsp3) is 0.933. The Morgan fingerprint density at radius 3 is 1.76 bits per heavy atom. The molecule has 0 saturated heterocycles. The smallest absolute Gasteiger partial charge is 0.158 e. The van der Waals surface area contributed by atoms with Crippen molar-refractivity contribution in [3.8, 4) is 0 Å². The van der Waals surface area contributed by atoms with Gasteiger partial charge in [-0.2, -0.15) is 0 Å². The first-order chi connectivity index (χ1) is 7.57. The van der Waals surface area contributed by atoms with Gasteiger partial charge in [-0.25, -0.2) is 0 Å². The standard InChI is InChI=1S/C15H29NO/c1-13(2,3)12(17)15(16-14(4,5)6)10-8-7-9-11-15/h16H,7-11H2,1-6H3. The molecule has 17 heavy (non-hydrogen) atoms. The highest BCUT2D eigenvalue weighted by Gasteiger charge is 2.45. The number of nitrogens with one attached hydrogen (secondary N) is 1. The molecule has 1 saturated carbocycles. The van der Waals surface area contributed by atoms with Crippen molar-refractivity contribution in [2.45, 2.75) is 84.7 Å². The number of rotatable bonds is 2. The van der Waals surface area contributed by atoms with Crippen molar-refractivity contribution in [2.75, 3.05) is 0 Å². The maximum Gasteiger partial charge on any atom is 0.158 e. The third kappa shape index (κ3) is 3.80. The zero-order valence-corrected chi connectivity index (χ0v) is 12.4. The Balaban J connectivity index is 2.97. The van der Waals surface area contributed by atoms with E-state index in [9.17, 15) is 4.79 Å². The van der Waals surface area contributed by atoms with Gasteiger partial charge in [0.25, 0.3) is 0 Å². The Kier molecular flexibility index (Phi) is 4.08. The first-order valence-corrected chi connectivity index (χ1v) is 6.91. The zero-order valence-electron chi connectivity index (χ0n) is 12.4. The molecule has 0 aliphatic heterocycles. The lowest BCUT2D eigenvalue weighted by atomic mass is 9.69. The fourth-order valence-corrected chi connectivity index (χ4v) is 3.00. The van der Waals surface area contributed by atoms with Gasteiger partial charge in [0.1, 0.15) is 0 Å². The Bertz CT molecular complexity index is 274. The summed E-state index contributed by atoms with van der Waals surface area (Å²) in [7, 11) is 0. The second kappa shape index (κ2) is 4.72. The maximum atomic E-state index is 12.8. The summed E-state index contributed by atoms with van der Waals surface area (Å²) in [5.41, 5.74) is -0.539. The number of ketones is 1. The third-order valence-corrected chi connectivity index (χ3v) is 3.44. The van der Waals surface area contributed by atoms with E-state index in [0.717, 1.165) is 12.8 Å². The second-order valence-corrected chi connectivity index (χ2v) is 7.60. The van der Waals surface area contributed by atoms with Crippen molar-refractivity contribution in [1.29, 1.82) is 0 Å². The van der Waals surface area contributed by atoms with Crippen LogP contribution in [0.3, 0.4) is 0 Å². The van der Waals surface area contributed by atoms with Crippen molar-refractivity contribution < 1.29 is 4.79 Å². The molecule has 0 aromatic heterocycles. The summed E-state index contributed by atoms with van der Waals surface area (Å²) in [6.45, 7) is 12.6. The quantitative estimate of drug-likeness (QED) is 0.796. The zero-order chi connectivity index (χ0) is 13.3. The number of hydrogen-bond donors (Lipinski definition) is 1. The molecular formula is C15H29NO. The summed E-state index contributed by atoms with van der Waals surface area (Å²) in [4.78, 5) is 12.8. The van der Waals surface area contributed by atoms with Gasteiger partial charge in [0, 0.05) is 11.0 Å². The van der Waals surface area contributed by atoms with Gasteiger partial charge in [-0.05, 0) is 33.6 Å². The minimum Gasteiger partial charge on any atom is -0.300 e. The maximum absolute atomic E-state index is 12.8. The van der Waals surface area contributed by atoms with Crippen LogP contribution in [-0.4, -0.2) is 16.9 Å². The summed E-state index contributed by atoms with van der Waals surface area (Å²) in [6, 6.07) is 0. The average molecular weight is 239 g/mol. The van der Waals surface area contributed by atoms with E-state index in [1.165, 1.54) is 19.3 Å². The Morgan fingerprint density at radius 2 is 1.41 bits per heavy atom. The molecule has 100 valence electrons. The molecule has 0 atom stereocenters. The van der Waals surface area contributed by atoms with Gasteiger partial charge in [0.05, 0.1) is 5.54 Å². The summed E-state index contributed by atoms with van der Waals surface area (Å²) < 4.78 is 0. The Morgan fingerprint density at radius 1 is 0.941 bits per heavy atom. The lowest BCUT2D eigenvalue weighted by Crippen LogP contribution is -2.62. The van der Waals surface area contributed by atoms with Crippen LogP contribution in [0.2, 0.25) is 0 Å². The van der Waals surface area contributed by atoms with Crippen molar-refractivity contribution in [3.63, 3.8) is 0 Å². The Labute approximate surface area is 107 Å². The van der Waals surface area contributed by atoms with Gasteiger partial charge in [0.15, 0.2) is 5.78 Å². The number of Topliss-reactive ketones (excluding diaryl/α,β-unsaturated/α-hetero) is 1. The highest BCUT2D eigenvalue weighted by molar-refractivity contribution is 5.92. The van der Waals surface area contributed by atoms with Crippen LogP contribution in [0.15, 0.2) is 0 Å². The molecule has 0 aromatic carbocycles. The van der Waals surface area contributed by atoms with Gasteiger partial charge in [-0.3, -0.25) is 4.79 Å². The van der Waals surface area contributed by atoms with E-state index in [1.807, 2.05) is 20.8 Å². The monoisotopic (exact) mass is 239 g/mol. The number of carbonyl (C=O) groups excluding carboxylic acids is 1. The molecule has 0 heterocycles. The molecule has 0 spiro atoms. The van der Waals surface area contributed by atoms with Crippen LogP contribution >= 0.6 is 0 Å². The predicted octanol–water partition coefficient (Wildman–Crippen LogP) is 3.69. The first kappa shape index (κ1) is 14.7. The Hall–Kier alpha value is -0.370. The molecular weight excluding hydrogens is 210 g/mol. The molecule has 2 nitrogen and oxygen atoms in total. The molecule has 0 aromatic rings. The van der Waals surface area contributed by atoms with Gasteiger partial charge in [-0.15, -0.1) is 0 Å². The summed E-state index contributed by atoms with van der Waals surface area (Å²) in [5, 5.41) is 3.63. The molecule has 1 rings (SSSR count). The van der Waals surface area contributed by atoms with Gasteiger partial charge in [0.2, 0.25) is 0 Å². The molecule has 1 aliphatic carbocycles. The van der Waals surface area contributed by atoms with Crippen LogP contribution in [0.5, 0.6) is 0 Å². The van der Waals surface area contributed by atoms with E-state index >= 15 is 0 Å². The lowest BCUT2D eigenvalue weighted by Gasteiger charge is -2.45. The van der Waals surface area contributed by atoms with Crippen LogP contribution in [-0.2, 0) is 4.79 Å². The average Bonchev–Trinajstić information content (AvgIpc) is 2.14. The van der Waals surface area contributed by atoms with Crippen LogP contribution < -0.4 is 5.32 Å². The number of carbonyl (C=O) groups is 1. The van der Waals surface area contributed by atoms with Crippen molar-refractivity contribution >= 4 is 5.78 Å². The van der Waals surface area contributed by atoms with Crippen LogP contribution in [0.1, 0.15) is 73.6 Å². The lowest BCUT2D eigenvalue weighted by molar-refractivity contribution is -0.135.